The van der Waals surface area contributed by atoms with Gasteiger partial charge in [0.15, 0.2) is 39.2 Å². The monoisotopic (exact) mass is 1990 g/mol. The maximum Gasteiger partial charge on any atom is 0.377 e. The van der Waals surface area contributed by atoms with E-state index in [2.05, 4.69) is 0 Å². The third-order valence-corrected chi connectivity index (χ3v) is 36.5. The van der Waals surface area contributed by atoms with Gasteiger partial charge in [-0.3, -0.25) is 28.8 Å². The lowest BCUT2D eigenvalue weighted by molar-refractivity contribution is -0.355. The van der Waals surface area contributed by atoms with Crippen LogP contribution in [0.15, 0.2) is 0 Å². The summed E-state index contributed by atoms with van der Waals surface area (Å²) >= 11 is 0. The third-order valence-electron chi connectivity index (χ3n) is 36.5. The molecule has 22 nitrogen and oxygen atoms in total. The summed E-state index contributed by atoms with van der Waals surface area (Å²) in [5.74, 6) is -30.7. The van der Waals surface area contributed by atoms with Gasteiger partial charge in [-0.1, -0.05) is 0 Å². The second kappa shape index (κ2) is 36.9. The molecule has 0 aromatic rings. The Balaban J connectivity index is 0.000000116. The summed E-state index contributed by atoms with van der Waals surface area (Å²) in [6, 6.07) is 0. The highest BCUT2D eigenvalue weighted by Gasteiger charge is 2.72. The zero-order valence-corrected chi connectivity index (χ0v) is 79.5. The number of halogens is 16. The summed E-state index contributed by atoms with van der Waals surface area (Å²) in [6.45, 7) is -1.65. The molecule has 1 aliphatic heterocycles. The first kappa shape index (κ1) is 104. The van der Waals surface area contributed by atoms with E-state index in [0.717, 1.165) is 122 Å². The molecule has 29 fully saturated rings. The molecule has 38 heteroatoms. The SMILES string of the molecule is CC(F)(F)C(=O)OC12CC3CC(C1)C1(OCC(F)(F)C(F)(F)CO1)C(C3)C2.CC(F)(F)C(=O)OC1C2CC3CC1CC(C(=O)OCOC1C4CC5CC(C4)CC1C5)(C3)C2.CC(F)(F)COC(=O)C12CC3CC(C1)C(=O)C(C3)C2.CC(F)(F)COC(=O)C12CC3CC(CC(C3)C1)C2.CC(F)(F)COC(=O)C12CC3CC(CC(O)(C3)C1)C2.COCOC(=O)C12CC3CC(C1)C(OC(=O)C(C)(F)F)C(C3)C2. The highest BCUT2D eigenvalue weighted by molar-refractivity contribution is 5.90. The predicted molar refractivity (Wildman–Crippen MR) is 450 cm³/mol. The molecule has 29 aliphatic rings. The smallest absolute Gasteiger partial charge is 0.377 e. The minimum absolute atomic E-state index is 0.0166. The van der Waals surface area contributed by atoms with Crippen molar-refractivity contribution in [3.8, 4) is 0 Å². The summed E-state index contributed by atoms with van der Waals surface area (Å²) < 4.78 is 274. The highest BCUT2D eigenvalue weighted by Crippen LogP contribution is 2.69. The third kappa shape index (κ3) is 21.3. The van der Waals surface area contributed by atoms with Gasteiger partial charge in [-0.25, -0.2) is 40.7 Å². The van der Waals surface area contributed by atoms with Crippen molar-refractivity contribution in [1.82, 2.24) is 0 Å². The summed E-state index contributed by atoms with van der Waals surface area (Å²) in [7, 11) is 1.45. The summed E-state index contributed by atoms with van der Waals surface area (Å²) in [5, 5.41) is 10.5. The van der Waals surface area contributed by atoms with Crippen molar-refractivity contribution in [1.29, 1.82) is 0 Å². The standard InChI is InChI=1S/C25H34F2O5.C17H20F6O4.C16H22F2O5.C14H20F2O3.C14H18F2O3.C14H20F2O2/c1-24(26,27)22(28)32-21-18-7-15-8-19(21)11-25(9-15,10-18)23(29)31-12-30-20-16-3-13-2-14(5-16)6-17(20)4-13;1-13(18,19)12(24)27-14-4-9-2-10(5-14)17(11(3-9)6-14)25-7-15(20,21)16(22,23)8-26-17;1-15(17,18)13(19)23-12-10-3-9-4-11(12)7-16(5-9,6-10)14(20)22-8-21-2;1-12(15,16)8-19-11(17)13-3-9-2-10(4-13)6-14(18,5-9)7-13;1-13(15,16)7-19-12(18)14-4-8-2-9(5-14)11(17)10(3-8)6-14;1-13(15,16)8-18-12(17)14-5-9-2-10(6-14)4-11(3-9)7-14/h13-21H,2-12H2,1H3;9-11H,2-8H2,1H3;9-12H,3-8H2,1-2H3;9-10,18H,2-8H2,1H3;8-10H,2-7H2,1H3;9-11H,2-8H2,1H3. The Bertz CT molecular complexity index is 4380. The Hall–Kier alpha value is -5.89. The van der Waals surface area contributed by atoms with Gasteiger partial charge in [-0.05, 0) is 338 Å². The Morgan fingerprint density at radius 3 is 1.02 bits per heavy atom. The number of ketones is 1. The lowest BCUT2D eigenvalue weighted by Crippen LogP contribution is -2.66. The number of esters is 8. The minimum Gasteiger partial charge on any atom is -0.459 e. The molecular formula is C100H134F16O22. The molecule has 1 N–H and O–H groups in total. The lowest BCUT2D eigenvalue weighted by atomic mass is 9.48. The molecule has 1 spiro atoms. The number of carbonyl (C=O) groups excluding carboxylic acids is 9. The molecule has 0 aromatic carbocycles. The average molecular weight is 1990 g/mol. The molecule has 0 aromatic heterocycles. The molecule has 0 radical (unpaired) electrons. The molecule has 0 amide bonds. The molecule has 1 saturated heterocycles. The van der Waals surface area contributed by atoms with E-state index >= 15 is 0 Å². The van der Waals surface area contributed by atoms with Crippen LogP contribution in [0.1, 0.15) is 279 Å². The van der Waals surface area contributed by atoms with Gasteiger partial charge < -0.3 is 61.9 Å². The van der Waals surface area contributed by atoms with Crippen LogP contribution in [-0.2, 0) is 100.0 Å². The van der Waals surface area contributed by atoms with Crippen LogP contribution in [0.2, 0.25) is 0 Å². The van der Waals surface area contributed by atoms with E-state index in [4.69, 9.17) is 56.8 Å². The second-order valence-electron chi connectivity index (χ2n) is 48.6. The Kier molecular flexibility index (Phi) is 27.7. The normalized spacial score (nSPS) is 42.9. The molecule has 28 bridgehead atoms. The zero-order valence-electron chi connectivity index (χ0n) is 79.5. The number of ether oxygens (including phenoxy) is 12. The van der Waals surface area contributed by atoms with Crippen LogP contribution in [0.25, 0.3) is 0 Å². The van der Waals surface area contributed by atoms with Crippen molar-refractivity contribution in [2.24, 2.45) is 151 Å². The molecule has 10 atom stereocenters. The van der Waals surface area contributed by atoms with Crippen LogP contribution in [0.3, 0.4) is 0 Å². The highest BCUT2D eigenvalue weighted by atomic mass is 19.3. The van der Waals surface area contributed by atoms with Crippen molar-refractivity contribution in [2.75, 3.05) is 53.7 Å². The number of alkyl halides is 16. The van der Waals surface area contributed by atoms with E-state index < -0.39 is 178 Å². The van der Waals surface area contributed by atoms with E-state index in [-0.39, 0.29) is 97.6 Å². The van der Waals surface area contributed by atoms with E-state index in [1.165, 1.54) is 58.5 Å². The molecule has 10 unspecified atom stereocenters. The van der Waals surface area contributed by atoms with Crippen LogP contribution < -0.4 is 0 Å². The van der Waals surface area contributed by atoms with Crippen LogP contribution in [0.4, 0.5) is 70.2 Å². The maximum atomic E-state index is 13.7. The largest absolute Gasteiger partial charge is 0.459 e. The van der Waals surface area contributed by atoms with Gasteiger partial charge in [0.05, 0.1) is 38.8 Å². The minimum atomic E-state index is -4.36. The van der Waals surface area contributed by atoms with Gasteiger partial charge in [0.2, 0.25) is 0 Å². The van der Waals surface area contributed by atoms with Crippen LogP contribution in [-0.4, -0.2) is 195 Å². The lowest BCUT2D eigenvalue weighted by Gasteiger charge is -2.63. The Morgan fingerprint density at radius 1 is 0.341 bits per heavy atom. The van der Waals surface area contributed by atoms with Crippen molar-refractivity contribution in [3.05, 3.63) is 0 Å². The summed E-state index contributed by atoms with van der Waals surface area (Å²) in [6.07, 6.45) is 28.3. The Labute approximate surface area is 792 Å². The quantitative estimate of drug-likeness (QED) is 0.0456. The van der Waals surface area contributed by atoms with Crippen molar-refractivity contribution < 1.29 is 175 Å². The van der Waals surface area contributed by atoms with Crippen molar-refractivity contribution >= 4 is 53.5 Å². The predicted octanol–water partition coefficient (Wildman–Crippen LogP) is 19.5. The fourth-order valence-electron chi connectivity index (χ4n) is 33.3. The van der Waals surface area contributed by atoms with E-state index in [9.17, 15) is 119 Å². The van der Waals surface area contributed by atoms with Gasteiger partial charge in [0.1, 0.15) is 36.8 Å². The number of hydrogen-bond donors (Lipinski definition) is 1. The first-order valence-corrected chi connectivity index (χ1v) is 50.3. The van der Waals surface area contributed by atoms with E-state index in [1.807, 2.05) is 0 Å². The molecule has 778 valence electrons. The number of rotatable bonds is 22. The van der Waals surface area contributed by atoms with Gasteiger partial charge in [-0.15, -0.1) is 0 Å². The van der Waals surface area contributed by atoms with Crippen molar-refractivity contribution in [2.45, 2.75) is 362 Å². The van der Waals surface area contributed by atoms with Gasteiger partial charge >= 0.3 is 77.4 Å². The average Bonchev–Trinajstić information content (AvgIpc) is 1.32. The molecule has 28 saturated carbocycles. The number of Topliss-reactive ketones (excluding diaryl/α,β-unsaturated/α-hetero) is 1. The summed E-state index contributed by atoms with van der Waals surface area (Å²) in [4.78, 5) is 109. The van der Waals surface area contributed by atoms with Crippen molar-refractivity contribution in [3.63, 3.8) is 0 Å². The maximum absolute atomic E-state index is 13.7. The first-order valence-electron chi connectivity index (χ1n) is 50.3. The Morgan fingerprint density at radius 2 is 0.652 bits per heavy atom. The fourth-order valence-corrected chi connectivity index (χ4v) is 33.3. The number of aliphatic hydroxyl groups is 1. The van der Waals surface area contributed by atoms with Gasteiger partial charge in [0.25, 0.3) is 17.8 Å². The molecular weight excluding hydrogens is 1860 g/mol. The first-order chi connectivity index (χ1) is 64.1. The van der Waals surface area contributed by atoms with Crippen LogP contribution in [0.5, 0.6) is 0 Å². The van der Waals surface area contributed by atoms with E-state index in [1.54, 1.807) is 0 Å². The van der Waals surface area contributed by atoms with Gasteiger partial charge in [0, 0.05) is 72.3 Å². The fraction of sp³-hybridized carbons (Fsp3) is 0.910. The molecule has 28 aliphatic carbocycles. The van der Waals surface area contributed by atoms with E-state index in [0.29, 0.717) is 163 Å². The summed E-state index contributed by atoms with van der Waals surface area (Å²) in [5.41, 5.74) is -4.83. The number of hydrogen-bond acceptors (Lipinski definition) is 22. The van der Waals surface area contributed by atoms with Gasteiger partial charge in [-0.2, -0.15) is 43.9 Å². The molecule has 138 heavy (non-hydrogen) atoms. The zero-order chi connectivity index (χ0) is 99.7. The second-order valence-corrected chi connectivity index (χ2v) is 48.6. The van der Waals surface area contributed by atoms with Crippen LogP contribution >= 0.6 is 0 Å². The van der Waals surface area contributed by atoms with Crippen LogP contribution in [0, 0.1) is 151 Å². The topological polar surface area (TPSA) is 285 Å². The number of carbonyl (C=O) groups is 9. The molecule has 1 heterocycles. The number of methoxy groups -OCH3 is 1. The molecule has 29 rings (SSSR count).